The van der Waals surface area contributed by atoms with E-state index in [0.717, 1.165) is 23.9 Å². The molecule has 104 valence electrons. The molecule has 2 N–H and O–H groups in total. The SMILES string of the molecule is NC(c1cc(Br)ccc1I)C1CCOC2(CCC2)C1. The van der Waals surface area contributed by atoms with Crippen molar-refractivity contribution < 1.29 is 4.74 Å². The molecule has 1 aromatic rings. The second-order valence-corrected chi connectivity index (χ2v) is 7.91. The molecular weight excluding hydrogens is 417 g/mol. The highest BCUT2D eigenvalue weighted by Crippen LogP contribution is 2.47. The van der Waals surface area contributed by atoms with E-state index < -0.39 is 0 Å². The molecule has 1 saturated heterocycles. The van der Waals surface area contributed by atoms with Crippen molar-refractivity contribution >= 4 is 38.5 Å². The van der Waals surface area contributed by atoms with Crippen molar-refractivity contribution in [2.45, 2.75) is 43.7 Å². The van der Waals surface area contributed by atoms with E-state index in [1.165, 1.54) is 28.4 Å². The number of benzene rings is 1. The summed E-state index contributed by atoms with van der Waals surface area (Å²) in [6.45, 7) is 0.878. The van der Waals surface area contributed by atoms with Crippen LogP contribution in [0.25, 0.3) is 0 Å². The molecule has 4 heteroatoms. The van der Waals surface area contributed by atoms with Crippen LogP contribution in [0.2, 0.25) is 0 Å². The van der Waals surface area contributed by atoms with Crippen LogP contribution >= 0.6 is 38.5 Å². The van der Waals surface area contributed by atoms with Gasteiger partial charge < -0.3 is 10.5 Å². The Balaban J connectivity index is 1.79. The zero-order valence-electron chi connectivity index (χ0n) is 10.9. The van der Waals surface area contributed by atoms with Gasteiger partial charge in [0.25, 0.3) is 0 Å². The molecule has 1 aliphatic heterocycles. The van der Waals surface area contributed by atoms with Crippen LogP contribution in [0.5, 0.6) is 0 Å². The second kappa shape index (κ2) is 5.62. The van der Waals surface area contributed by atoms with E-state index in [1.54, 1.807) is 0 Å². The Hall–Kier alpha value is 0.350. The topological polar surface area (TPSA) is 35.2 Å². The quantitative estimate of drug-likeness (QED) is 0.698. The molecule has 19 heavy (non-hydrogen) atoms. The Kier molecular flexibility index (Phi) is 4.23. The smallest absolute Gasteiger partial charge is 0.0686 e. The number of ether oxygens (including phenoxy) is 1. The summed E-state index contributed by atoms with van der Waals surface area (Å²) >= 11 is 5.94. The van der Waals surface area contributed by atoms with Gasteiger partial charge >= 0.3 is 0 Å². The summed E-state index contributed by atoms with van der Waals surface area (Å²) in [5.41, 5.74) is 8.01. The molecule has 0 amide bonds. The summed E-state index contributed by atoms with van der Waals surface area (Å²) in [7, 11) is 0. The molecule has 2 nitrogen and oxygen atoms in total. The van der Waals surface area contributed by atoms with E-state index in [2.05, 4.69) is 56.7 Å². The molecule has 1 aromatic carbocycles. The Morgan fingerprint density at radius 3 is 2.89 bits per heavy atom. The Labute approximate surface area is 136 Å². The van der Waals surface area contributed by atoms with Gasteiger partial charge in [-0.1, -0.05) is 15.9 Å². The fraction of sp³-hybridized carbons (Fsp3) is 0.600. The van der Waals surface area contributed by atoms with Gasteiger partial charge in [-0.3, -0.25) is 0 Å². The lowest BCUT2D eigenvalue weighted by Crippen LogP contribution is -2.47. The van der Waals surface area contributed by atoms with Crippen molar-refractivity contribution in [2.75, 3.05) is 6.61 Å². The fourth-order valence-corrected chi connectivity index (χ4v) is 4.39. The molecular formula is C15H19BrINO. The van der Waals surface area contributed by atoms with E-state index in [4.69, 9.17) is 10.5 Å². The molecule has 0 aromatic heterocycles. The Bertz CT molecular complexity index is 475. The van der Waals surface area contributed by atoms with Crippen molar-refractivity contribution in [1.29, 1.82) is 0 Å². The van der Waals surface area contributed by atoms with Crippen LogP contribution in [0.4, 0.5) is 0 Å². The largest absolute Gasteiger partial charge is 0.375 e. The van der Waals surface area contributed by atoms with Crippen LogP contribution < -0.4 is 5.73 Å². The molecule has 0 radical (unpaired) electrons. The average Bonchev–Trinajstić information content (AvgIpc) is 2.39. The van der Waals surface area contributed by atoms with Gasteiger partial charge in [-0.25, -0.2) is 0 Å². The molecule has 0 bridgehead atoms. The van der Waals surface area contributed by atoms with Crippen molar-refractivity contribution in [3.05, 3.63) is 31.8 Å². The van der Waals surface area contributed by atoms with Gasteiger partial charge in [0.05, 0.1) is 5.60 Å². The maximum atomic E-state index is 6.56. The number of nitrogens with two attached hydrogens (primary N) is 1. The monoisotopic (exact) mass is 435 g/mol. The highest BCUT2D eigenvalue weighted by Gasteiger charge is 2.44. The van der Waals surface area contributed by atoms with E-state index in [-0.39, 0.29) is 11.6 Å². The van der Waals surface area contributed by atoms with E-state index in [0.29, 0.717) is 5.92 Å². The Morgan fingerprint density at radius 2 is 2.21 bits per heavy atom. The van der Waals surface area contributed by atoms with Crippen LogP contribution in [-0.2, 0) is 4.74 Å². The predicted octanol–water partition coefficient (Wildman–Crippen LogP) is 4.40. The van der Waals surface area contributed by atoms with E-state index in [1.807, 2.05) is 0 Å². The first-order valence-corrected chi connectivity index (χ1v) is 8.81. The molecule has 1 saturated carbocycles. The number of hydrogen-bond acceptors (Lipinski definition) is 2. The summed E-state index contributed by atoms with van der Waals surface area (Å²) < 4.78 is 8.39. The maximum Gasteiger partial charge on any atom is 0.0686 e. The van der Waals surface area contributed by atoms with Crippen molar-refractivity contribution in [3.63, 3.8) is 0 Å². The zero-order chi connectivity index (χ0) is 13.5. The van der Waals surface area contributed by atoms with Gasteiger partial charge in [-0.05, 0) is 84.4 Å². The number of rotatable bonds is 2. The zero-order valence-corrected chi connectivity index (χ0v) is 14.6. The third kappa shape index (κ3) is 2.87. The molecule has 1 spiro atoms. The third-order valence-corrected chi connectivity index (χ3v) is 6.10. The molecule has 1 heterocycles. The van der Waals surface area contributed by atoms with Crippen LogP contribution in [0.3, 0.4) is 0 Å². The third-order valence-electron chi connectivity index (χ3n) is 4.62. The molecule has 2 unspecified atom stereocenters. The second-order valence-electron chi connectivity index (χ2n) is 5.83. The summed E-state index contributed by atoms with van der Waals surface area (Å²) in [6.07, 6.45) is 6.00. The Morgan fingerprint density at radius 1 is 1.42 bits per heavy atom. The molecule has 3 rings (SSSR count). The van der Waals surface area contributed by atoms with Gasteiger partial charge in [0, 0.05) is 20.7 Å². The minimum absolute atomic E-state index is 0.130. The summed E-state index contributed by atoms with van der Waals surface area (Å²) in [6, 6.07) is 6.52. The van der Waals surface area contributed by atoms with Crippen LogP contribution in [0, 0.1) is 9.49 Å². The highest BCUT2D eigenvalue weighted by molar-refractivity contribution is 14.1. The minimum atomic E-state index is 0.130. The van der Waals surface area contributed by atoms with E-state index in [9.17, 15) is 0 Å². The van der Waals surface area contributed by atoms with Gasteiger partial charge in [0.15, 0.2) is 0 Å². The standard InChI is InChI=1S/C15H19BrINO/c16-11-2-3-13(17)12(8-11)14(18)10-4-7-19-15(9-10)5-1-6-15/h2-3,8,10,14H,1,4-7,9,18H2. The summed E-state index contributed by atoms with van der Waals surface area (Å²) in [5, 5.41) is 0. The first-order chi connectivity index (χ1) is 9.10. The van der Waals surface area contributed by atoms with Crippen molar-refractivity contribution in [2.24, 2.45) is 11.7 Å². The number of halogens is 2. The van der Waals surface area contributed by atoms with Gasteiger partial charge in [0.1, 0.15) is 0 Å². The maximum absolute atomic E-state index is 6.56. The lowest BCUT2D eigenvalue weighted by molar-refractivity contribution is -0.146. The van der Waals surface area contributed by atoms with Crippen LogP contribution in [0.15, 0.2) is 22.7 Å². The molecule has 1 aliphatic carbocycles. The lowest BCUT2D eigenvalue weighted by atomic mass is 9.70. The highest BCUT2D eigenvalue weighted by atomic mass is 127. The first-order valence-electron chi connectivity index (χ1n) is 6.94. The fourth-order valence-electron chi connectivity index (χ4n) is 3.32. The normalized spacial score (nSPS) is 27.0. The molecule has 2 atom stereocenters. The predicted molar refractivity (Wildman–Crippen MR) is 89.0 cm³/mol. The first kappa shape index (κ1) is 14.3. The summed E-state index contributed by atoms with van der Waals surface area (Å²) in [5.74, 6) is 0.553. The van der Waals surface area contributed by atoms with Gasteiger partial charge in [0.2, 0.25) is 0 Å². The number of hydrogen-bond donors (Lipinski definition) is 1. The average molecular weight is 436 g/mol. The lowest BCUT2D eigenvalue weighted by Gasteiger charge is -2.48. The van der Waals surface area contributed by atoms with Crippen molar-refractivity contribution in [1.82, 2.24) is 0 Å². The molecule has 2 aliphatic rings. The van der Waals surface area contributed by atoms with E-state index >= 15 is 0 Å². The summed E-state index contributed by atoms with van der Waals surface area (Å²) in [4.78, 5) is 0. The van der Waals surface area contributed by atoms with Crippen LogP contribution in [-0.4, -0.2) is 12.2 Å². The minimum Gasteiger partial charge on any atom is -0.375 e. The van der Waals surface area contributed by atoms with Crippen LogP contribution in [0.1, 0.15) is 43.7 Å². The van der Waals surface area contributed by atoms with Gasteiger partial charge in [-0.15, -0.1) is 0 Å². The molecule has 2 fully saturated rings. The van der Waals surface area contributed by atoms with Gasteiger partial charge in [-0.2, -0.15) is 0 Å². The van der Waals surface area contributed by atoms with Crippen molar-refractivity contribution in [3.8, 4) is 0 Å².